The highest BCUT2D eigenvalue weighted by Gasteiger charge is 2.22. The van der Waals surface area contributed by atoms with Crippen LogP contribution in [0.15, 0.2) is 0 Å². The van der Waals surface area contributed by atoms with E-state index in [-0.39, 0.29) is 24.9 Å². The fraction of sp³-hybridized carbons (Fsp3) is 0.700. The third kappa shape index (κ3) is 3.52. The van der Waals surface area contributed by atoms with E-state index in [9.17, 15) is 14.4 Å². The van der Waals surface area contributed by atoms with E-state index < -0.39 is 11.9 Å². The van der Waals surface area contributed by atoms with E-state index in [1.54, 1.807) is 0 Å². The van der Waals surface area contributed by atoms with E-state index in [1.807, 2.05) is 0 Å². The molecule has 1 saturated heterocycles. The molecule has 16 heavy (non-hydrogen) atoms. The minimum absolute atomic E-state index is 0.0126. The van der Waals surface area contributed by atoms with E-state index in [0.29, 0.717) is 13.0 Å². The number of rotatable bonds is 5. The second kappa shape index (κ2) is 5.48. The van der Waals surface area contributed by atoms with E-state index >= 15 is 0 Å². The summed E-state index contributed by atoms with van der Waals surface area (Å²) in [4.78, 5) is 34.6. The van der Waals surface area contributed by atoms with Crippen LogP contribution in [0.5, 0.6) is 0 Å². The van der Waals surface area contributed by atoms with E-state index in [0.717, 1.165) is 6.42 Å². The van der Waals surface area contributed by atoms with Gasteiger partial charge in [-0.1, -0.05) is 6.92 Å². The Balaban J connectivity index is 2.25. The molecule has 1 aliphatic rings. The molecule has 1 atom stereocenters. The summed E-state index contributed by atoms with van der Waals surface area (Å²) < 4.78 is 0. The first kappa shape index (κ1) is 12.5. The summed E-state index contributed by atoms with van der Waals surface area (Å²) in [6.45, 7) is 2.26. The molecule has 1 aliphatic heterocycles. The minimum atomic E-state index is -0.947. The molecule has 0 aliphatic carbocycles. The second-order valence-electron chi connectivity index (χ2n) is 3.96. The SMILES string of the molecule is CC(CNC(=O)CN1CCCC1=O)C(=O)O. The monoisotopic (exact) mass is 228 g/mol. The Kier molecular flexibility index (Phi) is 4.28. The molecule has 6 heteroatoms. The Morgan fingerprint density at radius 1 is 1.56 bits per heavy atom. The fourth-order valence-corrected chi connectivity index (χ4v) is 1.45. The van der Waals surface area contributed by atoms with Crippen LogP contribution in [-0.4, -0.2) is 47.4 Å². The highest BCUT2D eigenvalue weighted by molar-refractivity contribution is 5.86. The molecule has 0 radical (unpaired) electrons. The van der Waals surface area contributed by atoms with Crippen molar-refractivity contribution in [1.29, 1.82) is 0 Å². The van der Waals surface area contributed by atoms with Gasteiger partial charge in [0, 0.05) is 19.5 Å². The van der Waals surface area contributed by atoms with Gasteiger partial charge in [0.25, 0.3) is 0 Å². The van der Waals surface area contributed by atoms with Gasteiger partial charge in [-0.3, -0.25) is 14.4 Å². The highest BCUT2D eigenvalue weighted by Crippen LogP contribution is 2.08. The number of nitrogens with one attached hydrogen (secondary N) is 1. The lowest BCUT2D eigenvalue weighted by molar-refractivity contribution is -0.141. The maximum atomic E-state index is 11.4. The van der Waals surface area contributed by atoms with Gasteiger partial charge in [0.2, 0.25) is 11.8 Å². The predicted octanol–water partition coefficient (Wildman–Crippen LogP) is -0.554. The van der Waals surface area contributed by atoms with Crippen LogP contribution in [-0.2, 0) is 14.4 Å². The van der Waals surface area contributed by atoms with Crippen molar-refractivity contribution in [2.24, 2.45) is 5.92 Å². The zero-order valence-corrected chi connectivity index (χ0v) is 9.23. The second-order valence-corrected chi connectivity index (χ2v) is 3.96. The minimum Gasteiger partial charge on any atom is -0.481 e. The average Bonchev–Trinajstić information content (AvgIpc) is 2.60. The van der Waals surface area contributed by atoms with Gasteiger partial charge in [0.15, 0.2) is 0 Å². The number of likely N-dealkylation sites (tertiary alicyclic amines) is 1. The maximum Gasteiger partial charge on any atom is 0.308 e. The van der Waals surface area contributed by atoms with Gasteiger partial charge in [0.1, 0.15) is 0 Å². The zero-order valence-electron chi connectivity index (χ0n) is 9.23. The van der Waals surface area contributed by atoms with Crippen molar-refractivity contribution in [3.63, 3.8) is 0 Å². The van der Waals surface area contributed by atoms with Crippen molar-refractivity contribution in [1.82, 2.24) is 10.2 Å². The van der Waals surface area contributed by atoms with Crippen LogP contribution in [0.25, 0.3) is 0 Å². The Morgan fingerprint density at radius 3 is 2.75 bits per heavy atom. The molecule has 0 spiro atoms. The summed E-state index contributed by atoms with van der Waals surface area (Å²) in [5, 5.41) is 11.1. The summed E-state index contributed by atoms with van der Waals surface area (Å²) in [7, 11) is 0. The third-order valence-corrected chi connectivity index (χ3v) is 2.53. The van der Waals surface area contributed by atoms with Gasteiger partial charge in [-0.05, 0) is 6.42 Å². The first-order chi connectivity index (χ1) is 7.50. The van der Waals surface area contributed by atoms with Gasteiger partial charge in [-0.15, -0.1) is 0 Å². The van der Waals surface area contributed by atoms with Crippen LogP contribution in [0, 0.1) is 5.92 Å². The van der Waals surface area contributed by atoms with Crippen LogP contribution in [0.4, 0.5) is 0 Å². The molecule has 1 fully saturated rings. The number of carboxylic acids is 1. The van der Waals surface area contributed by atoms with Gasteiger partial charge in [-0.25, -0.2) is 0 Å². The Hall–Kier alpha value is -1.59. The van der Waals surface area contributed by atoms with Gasteiger partial charge in [-0.2, -0.15) is 0 Å². The van der Waals surface area contributed by atoms with Gasteiger partial charge >= 0.3 is 5.97 Å². The lowest BCUT2D eigenvalue weighted by Crippen LogP contribution is -2.40. The lowest BCUT2D eigenvalue weighted by Gasteiger charge is -2.15. The normalized spacial score (nSPS) is 17.3. The Labute approximate surface area is 93.6 Å². The average molecular weight is 228 g/mol. The Morgan fingerprint density at radius 2 is 2.25 bits per heavy atom. The topological polar surface area (TPSA) is 86.7 Å². The number of carboxylic acid groups (broad SMARTS) is 1. The fourth-order valence-electron chi connectivity index (χ4n) is 1.45. The Bertz CT molecular complexity index is 303. The lowest BCUT2D eigenvalue weighted by atomic mass is 10.2. The van der Waals surface area contributed by atoms with E-state index in [1.165, 1.54) is 11.8 Å². The molecular formula is C10H16N2O4. The van der Waals surface area contributed by atoms with Crippen molar-refractivity contribution >= 4 is 17.8 Å². The standard InChI is InChI=1S/C10H16N2O4/c1-7(10(15)16)5-11-8(13)6-12-4-2-3-9(12)14/h7H,2-6H2,1H3,(H,11,13)(H,15,16). The van der Waals surface area contributed by atoms with Crippen LogP contribution in [0.2, 0.25) is 0 Å². The third-order valence-electron chi connectivity index (χ3n) is 2.53. The van der Waals surface area contributed by atoms with Crippen LogP contribution >= 0.6 is 0 Å². The molecule has 1 unspecified atom stereocenters. The number of carbonyl (C=O) groups excluding carboxylic acids is 2. The summed E-state index contributed by atoms with van der Waals surface area (Å²) in [6.07, 6.45) is 1.29. The van der Waals surface area contributed by atoms with Crippen LogP contribution in [0.1, 0.15) is 19.8 Å². The molecule has 0 saturated carbocycles. The summed E-state index contributed by atoms with van der Waals surface area (Å²) in [5.74, 6) is -1.87. The summed E-state index contributed by atoms with van der Waals surface area (Å²) >= 11 is 0. The van der Waals surface area contributed by atoms with Crippen molar-refractivity contribution in [2.45, 2.75) is 19.8 Å². The maximum absolute atomic E-state index is 11.4. The van der Waals surface area contributed by atoms with E-state index in [4.69, 9.17) is 5.11 Å². The van der Waals surface area contributed by atoms with E-state index in [2.05, 4.69) is 5.32 Å². The molecule has 2 amide bonds. The largest absolute Gasteiger partial charge is 0.481 e. The van der Waals surface area contributed by atoms with Crippen LogP contribution in [0.3, 0.4) is 0 Å². The van der Waals surface area contributed by atoms with Gasteiger partial charge in [0.05, 0.1) is 12.5 Å². The molecular weight excluding hydrogens is 212 g/mol. The number of hydrogen-bond donors (Lipinski definition) is 2. The molecule has 0 bridgehead atoms. The number of nitrogens with zero attached hydrogens (tertiary/aromatic N) is 1. The number of amides is 2. The summed E-state index contributed by atoms with van der Waals surface area (Å²) in [6, 6.07) is 0. The number of hydrogen-bond acceptors (Lipinski definition) is 3. The van der Waals surface area contributed by atoms with Crippen molar-refractivity contribution in [3.05, 3.63) is 0 Å². The molecule has 0 aromatic rings. The number of carbonyl (C=O) groups is 3. The first-order valence-electron chi connectivity index (χ1n) is 5.28. The van der Waals surface area contributed by atoms with Crippen molar-refractivity contribution in [3.8, 4) is 0 Å². The molecule has 0 aromatic carbocycles. The van der Waals surface area contributed by atoms with Crippen LogP contribution < -0.4 is 5.32 Å². The molecule has 1 heterocycles. The smallest absolute Gasteiger partial charge is 0.308 e. The quantitative estimate of drug-likeness (QED) is 0.660. The van der Waals surface area contributed by atoms with Gasteiger partial charge < -0.3 is 15.3 Å². The van der Waals surface area contributed by atoms with Crippen molar-refractivity contribution in [2.75, 3.05) is 19.6 Å². The zero-order chi connectivity index (χ0) is 12.1. The van der Waals surface area contributed by atoms with Crippen molar-refractivity contribution < 1.29 is 19.5 Å². The molecule has 6 nitrogen and oxygen atoms in total. The molecule has 0 aromatic heterocycles. The number of aliphatic carboxylic acids is 1. The highest BCUT2D eigenvalue weighted by atomic mass is 16.4. The summed E-state index contributed by atoms with van der Waals surface area (Å²) in [5.41, 5.74) is 0. The first-order valence-corrected chi connectivity index (χ1v) is 5.28. The predicted molar refractivity (Wildman–Crippen MR) is 55.6 cm³/mol. The molecule has 90 valence electrons. The molecule has 2 N–H and O–H groups in total. The molecule has 1 rings (SSSR count).